The Hall–Kier alpha value is -3.16. The average molecular weight is 302 g/mol. The monoisotopic (exact) mass is 302 g/mol. The maximum Gasteiger partial charge on any atom is 0.324 e. The van der Waals surface area contributed by atoms with Crippen LogP contribution in [0.3, 0.4) is 0 Å². The molecule has 1 aromatic carbocycles. The van der Waals surface area contributed by atoms with E-state index >= 15 is 0 Å². The van der Waals surface area contributed by atoms with Gasteiger partial charge in [0.25, 0.3) is 5.69 Å². The lowest BCUT2D eigenvalue weighted by Gasteiger charge is -2.11. The number of nitrogens with one attached hydrogen (secondary N) is 2. The Balaban J connectivity index is 2.15. The van der Waals surface area contributed by atoms with Crippen molar-refractivity contribution >= 4 is 23.2 Å². The number of rotatable bonds is 4. The number of hydrogen-bond acceptors (Lipinski definition) is 5. The number of aromatic nitrogens is 1. The van der Waals surface area contributed by atoms with Gasteiger partial charge in [0.05, 0.1) is 23.8 Å². The van der Waals surface area contributed by atoms with Crippen molar-refractivity contribution in [3.63, 3.8) is 0 Å². The molecule has 0 spiro atoms. The molecule has 22 heavy (non-hydrogen) atoms. The van der Waals surface area contributed by atoms with E-state index in [4.69, 9.17) is 4.74 Å². The van der Waals surface area contributed by atoms with E-state index in [1.807, 2.05) is 13.0 Å². The zero-order valence-electron chi connectivity index (χ0n) is 12.0. The van der Waals surface area contributed by atoms with Gasteiger partial charge in [-0.25, -0.2) is 9.78 Å². The Morgan fingerprint density at radius 3 is 2.73 bits per heavy atom. The lowest BCUT2D eigenvalue weighted by Crippen LogP contribution is -2.21. The second kappa shape index (κ2) is 6.53. The molecular weight excluding hydrogens is 288 g/mol. The number of aryl methyl sites for hydroxylation is 1. The van der Waals surface area contributed by atoms with Crippen LogP contribution in [0.15, 0.2) is 36.5 Å². The van der Waals surface area contributed by atoms with Gasteiger partial charge in [0.15, 0.2) is 0 Å². The highest BCUT2D eigenvalue weighted by Gasteiger charge is 2.14. The van der Waals surface area contributed by atoms with Crippen LogP contribution in [0.2, 0.25) is 0 Å². The zero-order chi connectivity index (χ0) is 16.1. The number of pyridine rings is 1. The summed E-state index contributed by atoms with van der Waals surface area (Å²) >= 11 is 0. The molecule has 0 saturated heterocycles. The Morgan fingerprint density at radius 1 is 1.32 bits per heavy atom. The molecule has 0 aliphatic carbocycles. The molecule has 0 aliphatic rings. The number of urea groups is 1. The van der Waals surface area contributed by atoms with Crippen LogP contribution < -0.4 is 15.4 Å². The van der Waals surface area contributed by atoms with E-state index in [1.54, 1.807) is 12.3 Å². The molecule has 0 unspecified atom stereocenters. The molecule has 0 atom stereocenters. The molecule has 2 rings (SSSR count). The van der Waals surface area contributed by atoms with Crippen molar-refractivity contribution in [2.45, 2.75) is 6.92 Å². The number of hydrogen-bond donors (Lipinski definition) is 2. The smallest absolute Gasteiger partial charge is 0.324 e. The van der Waals surface area contributed by atoms with Crippen LogP contribution in [-0.2, 0) is 0 Å². The fourth-order valence-corrected chi connectivity index (χ4v) is 1.77. The number of nitro benzene ring substituents is 1. The molecule has 0 fully saturated rings. The molecule has 1 aromatic heterocycles. The molecule has 8 nitrogen and oxygen atoms in total. The van der Waals surface area contributed by atoms with Crippen LogP contribution in [0, 0.1) is 17.0 Å². The van der Waals surface area contributed by atoms with Gasteiger partial charge >= 0.3 is 6.03 Å². The fraction of sp³-hybridized carbons (Fsp3) is 0.143. The maximum atomic E-state index is 12.0. The first-order chi connectivity index (χ1) is 10.5. The van der Waals surface area contributed by atoms with Gasteiger partial charge in [-0.05, 0) is 24.6 Å². The van der Waals surface area contributed by atoms with Crippen LogP contribution >= 0.6 is 0 Å². The van der Waals surface area contributed by atoms with Gasteiger partial charge in [0.2, 0.25) is 0 Å². The third-order valence-electron chi connectivity index (χ3n) is 2.89. The number of carbonyl (C=O) groups excluding carboxylic acids is 1. The number of methoxy groups -OCH3 is 1. The highest BCUT2D eigenvalue weighted by atomic mass is 16.6. The predicted octanol–water partition coefficient (Wildman–Crippen LogP) is 2.95. The van der Waals surface area contributed by atoms with E-state index in [-0.39, 0.29) is 11.4 Å². The number of carbonyl (C=O) groups is 1. The van der Waals surface area contributed by atoms with Crippen LogP contribution in [0.5, 0.6) is 5.75 Å². The second-order valence-corrected chi connectivity index (χ2v) is 4.39. The van der Waals surface area contributed by atoms with Crippen LogP contribution in [-0.4, -0.2) is 23.0 Å². The number of ether oxygens (including phenoxy) is 1. The van der Waals surface area contributed by atoms with Crippen molar-refractivity contribution in [3.05, 3.63) is 52.2 Å². The number of amides is 2. The van der Waals surface area contributed by atoms with Gasteiger partial charge in [-0.1, -0.05) is 6.07 Å². The van der Waals surface area contributed by atoms with E-state index in [0.717, 1.165) is 5.56 Å². The highest BCUT2D eigenvalue weighted by molar-refractivity contribution is 6.00. The first-order valence-electron chi connectivity index (χ1n) is 6.33. The van der Waals surface area contributed by atoms with E-state index < -0.39 is 11.0 Å². The fourth-order valence-electron chi connectivity index (χ4n) is 1.77. The minimum atomic E-state index is -0.538. The van der Waals surface area contributed by atoms with Crippen molar-refractivity contribution in [1.82, 2.24) is 4.98 Å². The van der Waals surface area contributed by atoms with E-state index in [9.17, 15) is 14.9 Å². The van der Waals surface area contributed by atoms with E-state index in [0.29, 0.717) is 11.5 Å². The van der Waals surface area contributed by atoms with Crippen LogP contribution in [0.4, 0.5) is 22.0 Å². The summed E-state index contributed by atoms with van der Waals surface area (Å²) in [7, 11) is 1.37. The topological polar surface area (TPSA) is 106 Å². The Kier molecular flexibility index (Phi) is 4.52. The predicted molar refractivity (Wildman–Crippen MR) is 81.3 cm³/mol. The van der Waals surface area contributed by atoms with E-state index in [1.165, 1.54) is 25.3 Å². The molecule has 1 heterocycles. The SMILES string of the molecule is COc1cc([N+](=O)[O-])ccc1NC(=O)Nc1ncccc1C. The third kappa shape index (κ3) is 3.48. The van der Waals surface area contributed by atoms with Gasteiger partial charge in [0.1, 0.15) is 11.6 Å². The minimum Gasteiger partial charge on any atom is -0.494 e. The average Bonchev–Trinajstić information content (AvgIpc) is 2.49. The Morgan fingerprint density at radius 2 is 2.09 bits per heavy atom. The van der Waals surface area contributed by atoms with Crippen LogP contribution in [0.1, 0.15) is 5.56 Å². The normalized spacial score (nSPS) is 9.91. The van der Waals surface area contributed by atoms with Crippen LogP contribution in [0.25, 0.3) is 0 Å². The maximum absolute atomic E-state index is 12.0. The number of nitrogens with zero attached hydrogens (tertiary/aromatic N) is 2. The standard InChI is InChI=1S/C14H14N4O4/c1-9-4-3-7-15-13(9)17-14(19)16-11-6-5-10(18(20)21)8-12(11)22-2/h3-8H,1-2H3,(H2,15,16,17,19). The number of benzene rings is 1. The molecule has 2 amide bonds. The lowest BCUT2D eigenvalue weighted by molar-refractivity contribution is -0.384. The van der Waals surface area contributed by atoms with E-state index in [2.05, 4.69) is 15.6 Å². The first-order valence-corrected chi connectivity index (χ1v) is 6.33. The van der Waals surface area contributed by atoms with Crippen molar-refractivity contribution in [1.29, 1.82) is 0 Å². The molecule has 0 radical (unpaired) electrons. The third-order valence-corrected chi connectivity index (χ3v) is 2.89. The van der Waals surface area contributed by atoms with Gasteiger partial charge in [0, 0.05) is 12.3 Å². The summed E-state index contributed by atoms with van der Waals surface area (Å²) in [5, 5.41) is 15.9. The largest absolute Gasteiger partial charge is 0.494 e. The summed E-state index contributed by atoms with van der Waals surface area (Å²) in [5.74, 6) is 0.628. The van der Waals surface area contributed by atoms with Crippen molar-refractivity contribution in [3.8, 4) is 5.75 Å². The second-order valence-electron chi connectivity index (χ2n) is 4.39. The van der Waals surface area contributed by atoms with Gasteiger partial charge in [-0.3, -0.25) is 15.4 Å². The molecule has 0 saturated carbocycles. The number of anilines is 2. The summed E-state index contributed by atoms with van der Waals surface area (Å²) < 4.78 is 5.05. The molecular formula is C14H14N4O4. The first kappa shape index (κ1) is 15.2. The quantitative estimate of drug-likeness (QED) is 0.667. The Bertz CT molecular complexity index is 718. The summed E-state index contributed by atoms with van der Waals surface area (Å²) in [6, 6.07) is 6.98. The minimum absolute atomic E-state index is 0.122. The number of non-ortho nitro benzene ring substituents is 1. The number of nitro groups is 1. The van der Waals surface area contributed by atoms with Gasteiger partial charge in [-0.2, -0.15) is 0 Å². The van der Waals surface area contributed by atoms with Crippen molar-refractivity contribution in [2.24, 2.45) is 0 Å². The molecule has 8 heteroatoms. The highest BCUT2D eigenvalue weighted by Crippen LogP contribution is 2.29. The van der Waals surface area contributed by atoms with Crippen molar-refractivity contribution < 1.29 is 14.5 Å². The van der Waals surface area contributed by atoms with Crippen molar-refractivity contribution in [2.75, 3.05) is 17.7 Å². The summed E-state index contributed by atoms with van der Waals surface area (Å²) in [4.78, 5) is 26.2. The summed E-state index contributed by atoms with van der Waals surface area (Å²) in [6.45, 7) is 1.81. The lowest BCUT2D eigenvalue weighted by atomic mass is 10.2. The molecule has 114 valence electrons. The molecule has 0 aliphatic heterocycles. The van der Waals surface area contributed by atoms with Gasteiger partial charge < -0.3 is 10.1 Å². The zero-order valence-corrected chi connectivity index (χ0v) is 12.0. The van der Waals surface area contributed by atoms with Gasteiger partial charge in [-0.15, -0.1) is 0 Å². The Labute approximate surface area is 126 Å². The molecule has 2 aromatic rings. The summed E-state index contributed by atoms with van der Waals surface area (Å²) in [5.41, 5.74) is 1.01. The molecule has 0 bridgehead atoms. The summed E-state index contributed by atoms with van der Waals surface area (Å²) in [6.07, 6.45) is 1.56. The molecule has 2 N–H and O–H groups in total.